The smallest absolute Gasteiger partial charge is 0.407 e. The van der Waals surface area contributed by atoms with Gasteiger partial charge in [0, 0.05) is 51.5 Å². The third-order valence-corrected chi connectivity index (χ3v) is 5.63. The molecule has 0 aromatic heterocycles. The van der Waals surface area contributed by atoms with E-state index in [2.05, 4.69) is 9.80 Å². The number of carboxylic acid groups (broad SMARTS) is 1. The molecule has 0 radical (unpaired) electrons. The molecule has 2 atom stereocenters. The van der Waals surface area contributed by atoms with Crippen molar-refractivity contribution in [3.05, 3.63) is 29.6 Å². The van der Waals surface area contributed by atoms with E-state index in [0.29, 0.717) is 38.1 Å². The average molecular weight is 349 g/mol. The molecule has 4 rings (SSSR count). The van der Waals surface area contributed by atoms with Gasteiger partial charge in [-0.25, -0.2) is 9.18 Å². The lowest BCUT2D eigenvalue weighted by molar-refractivity contribution is 0.122. The lowest BCUT2D eigenvalue weighted by atomic mass is 10.0. The van der Waals surface area contributed by atoms with Gasteiger partial charge in [0.2, 0.25) is 0 Å². The summed E-state index contributed by atoms with van der Waals surface area (Å²) in [7, 11) is 0. The minimum atomic E-state index is -0.811. The molecule has 7 heteroatoms. The summed E-state index contributed by atoms with van der Waals surface area (Å²) < 4.78 is 19.2. The minimum absolute atomic E-state index is 0.208. The number of halogens is 1. The quantitative estimate of drug-likeness (QED) is 0.900. The third kappa shape index (κ3) is 3.43. The molecule has 3 heterocycles. The normalized spacial score (nSPS) is 26.9. The number of anilines is 1. The molecule has 1 amide bonds. The van der Waals surface area contributed by atoms with E-state index in [0.717, 1.165) is 44.0 Å². The Kier molecular flexibility index (Phi) is 4.52. The number of ether oxygens (including phenoxy) is 1. The van der Waals surface area contributed by atoms with Gasteiger partial charge in [-0.3, -0.25) is 4.90 Å². The SMILES string of the molecule is O=C(O)N1CC2CN(Cc3ccc(F)cc3N3CCOCC3)CC2C1. The Labute approximate surface area is 146 Å². The van der Waals surface area contributed by atoms with Crippen molar-refractivity contribution in [3.63, 3.8) is 0 Å². The van der Waals surface area contributed by atoms with E-state index < -0.39 is 6.09 Å². The van der Waals surface area contributed by atoms with Gasteiger partial charge in [-0.1, -0.05) is 6.07 Å². The number of nitrogens with zero attached hydrogens (tertiary/aromatic N) is 3. The van der Waals surface area contributed by atoms with Gasteiger partial charge in [0.15, 0.2) is 0 Å². The van der Waals surface area contributed by atoms with Crippen molar-refractivity contribution in [2.45, 2.75) is 6.54 Å². The molecule has 3 fully saturated rings. The first kappa shape index (κ1) is 16.6. The molecule has 0 saturated carbocycles. The summed E-state index contributed by atoms with van der Waals surface area (Å²) in [5.41, 5.74) is 2.10. The lowest BCUT2D eigenvalue weighted by Crippen LogP contribution is -2.37. The second-order valence-electron chi connectivity index (χ2n) is 7.27. The van der Waals surface area contributed by atoms with Crippen molar-refractivity contribution in [1.82, 2.24) is 9.80 Å². The number of amides is 1. The van der Waals surface area contributed by atoms with Gasteiger partial charge in [0.1, 0.15) is 5.82 Å². The molecule has 3 saturated heterocycles. The van der Waals surface area contributed by atoms with Gasteiger partial charge >= 0.3 is 6.09 Å². The molecular weight excluding hydrogens is 325 g/mol. The van der Waals surface area contributed by atoms with Crippen molar-refractivity contribution >= 4 is 11.8 Å². The Balaban J connectivity index is 1.44. The van der Waals surface area contributed by atoms with Crippen LogP contribution in [-0.4, -0.2) is 73.5 Å². The average Bonchev–Trinajstić information content (AvgIpc) is 3.16. The van der Waals surface area contributed by atoms with Crippen LogP contribution in [0.4, 0.5) is 14.9 Å². The maximum atomic E-state index is 13.8. The standard InChI is InChI=1S/C18H24FN3O3/c19-16-2-1-13(17(7-16)21-3-5-25-6-4-21)8-20-9-14-11-22(18(23)24)12-15(14)10-20/h1-2,7,14-15H,3-6,8-12H2,(H,23,24). The summed E-state index contributed by atoms with van der Waals surface area (Å²) >= 11 is 0. The molecule has 1 aromatic carbocycles. The summed E-state index contributed by atoms with van der Waals surface area (Å²) in [4.78, 5) is 17.2. The summed E-state index contributed by atoms with van der Waals surface area (Å²) in [6.07, 6.45) is -0.811. The van der Waals surface area contributed by atoms with Crippen LogP contribution in [0, 0.1) is 17.7 Å². The van der Waals surface area contributed by atoms with Crippen LogP contribution in [0.5, 0.6) is 0 Å². The summed E-state index contributed by atoms with van der Waals surface area (Å²) in [6.45, 7) is 6.80. The van der Waals surface area contributed by atoms with Crippen molar-refractivity contribution < 1.29 is 19.0 Å². The van der Waals surface area contributed by atoms with Gasteiger partial charge in [-0.2, -0.15) is 0 Å². The second kappa shape index (κ2) is 6.80. The van der Waals surface area contributed by atoms with Crippen molar-refractivity contribution in [2.75, 3.05) is 57.4 Å². The maximum absolute atomic E-state index is 13.8. The number of hydrogen-bond acceptors (Lipinski definition) is 4. The van der Waals surface area contributed by atoms with Gasteiger partial charge in [-0.15, -0.1) is 0 Å². The highest BCUT2D eigenvalue weighted by molar-refractivity contribution is 5.65. The Bertz CT molecular complexity index is 636. The highest BCUT2D eigenvalue weighted by Gasteiger charge is 2.41. The molecule has 1 aromatic rings. The Morgan fingerprint density at radius 2 is 1.84 bits per heavy atom. The van der Waals surface area contributed by atoms with E-state index in [1.807, 2.05) is 6.07 Å². The number of fused-ring (bicyclic) bond motifs is 1. The Morgan fingerprint density at radius 1 is 1.16 bits per heavy atom. The molecular formula is C18H24FN3O3. The van der Waals surface area contributed by atoms with Crippen LogP contribution in [-0.2, 0) is 11.3 Å². The maximum Gasteiger partial charge on any atom is 0.407 e. The fourth-order valence-corrected chi connectivity index (χ4v) is 4.39. The Morgan fingerprint density at radius 3 is 2.48 bits per heavy atom. The summed E-state index contributed by atoms with van der Waals surface area (Å²) in [5.74, 6) is 0.632. The zero-order valence-corrected chi connectivity index (χ0v) is 14.2. The van der Waals surface area contributed by atoms with Crippen molar-refractivity contribution in [3.8, 4) is 0 Å². The molecule has 1 N–H and O–H groups in total. The van der Waals surface area contributed by atoms with E-state index in [-0.39, 0.29) is 5.82 Å². The first-order valence-electron chi connectivity index (χ1n) is 8.91. The first-order chi connectivity index (χ1) is 12.1. The van der Waals surface area contributed by atoms with E-state index in [4.69, 9.17) is 9.84 Å². The minimum Gasteiger partial charge on any atom is -0.465 e. The topological polar surface area (TPSA) is 56.2 Å². The molecule has 0 spiro atoms. The van der Waals surface area contributed by atoms with E-state index in [1.165, 1.54) is 11.0 Å². The predicted molar refractivity (Wildman–Crippen MR) is 91.3 cm³/mol. The molecule has 3 aliphatic rings. The van der Waals surface area contributed by atoms with Crippen LogP contribution < -0.4 is 4.90 Å². The van der Waals surface area contributed by atoms with Gasteiger partial charge in [-0.05, 0) is 29.5 Å². The number of rotatable bonds is 3. The van der Waals surface area contributed by atoms with Crippen molar-refractivity contribution in [2.24, 2.45) is 11.8 Å². The van der Waals surface area contributed by atoms with Crippen LogP contribution in [0.15, 0.2) is 18.2 Å². The van der Waals surface area contributed by atoms with Gasteiger partial charge < -0.3 is 19.6 Å². The molecule has 6 nitrogen and oxygen atoms in total. The zero-order chi connectivity index (χ0) is 17.4. The number of carbonyl (C=O) groups is 1. The molecule has 25 heavy (non-hydrogen) atoms. The monoisotopic (exact) mass is 349 g/mol. The van der Waals surface area contributed by atoms with E-state index >= 15 is 0 Å². The number of likely N-dealkylation sites (tertiary alicyclic amines) is 2. The first-order valence-corrected chi connectivity index (χ1v) is 8.91. The fraction of sp³-hybridized carbons (Fsp3) is 0.611. The molecule has 3 aliphatic heterocycles. The van der Waals surface area contributed by atoms with Gasteiger partial charge in [0.05, 0.1) is 13.2 Å². The fourth-order valence-electron chi connectivity index (χ4n) is 4.39. The van der Waals surface area contributed by atoms with Crippen LogP contribution in [0.3, 0.4) is 0 Å². The number of hydrogen-bond donors (Lipinski definition) is 1. The van der Waals surface area contributed by atoms with Crippen LogP contribution in [0.1, 0.15) is 5.56 Å². The molecule has 0 aliphatic carbocycles. The third-order valence-electron chi connectivity index (χ3n) is 5.63. The number of morpholine rings is 1. The molecule has 136 valence electrons. The summed E-state index contributed by atoms with van der Waals surface area (Å²) in [5, 5.41) is 9.14. The summed E-state index contributed by atoms with van der Waals surface area (Å²) in [6, 6.07) is 5.05. The zero-order valence-electron chi connectivity index (χ0n) is 14.2. The highest BCUT2D eigenvalue weighted by atomic mass is 19.1. The predicted octanol–water partition coefficient (Wildman–Crippen LogP) is 1.70. The van der Waals surface area contributed by atoms with Crippen LogP contribution in [0.2, 0.25) is 0 Å². The van der Waals surface area contributed by atoms with E-state index in [9.17, 15) is 9.18 Å². The largest absolute Gasteiger partial charge is 0.465 e. The van der Waals surface area contributed by atoms with Crippen molar-refractivity contribution in [1.29, 1.82) is 0 Å². The second-order valence-corrected chi connectivity index (χ2v) is 7.27. The highest BCUT2D eigenvalue weighted by Crippen LogP contribution is 2.33. The van der Waals surface area contributed by atoms with Crippen LogP contribution >= 0.6 is 0 Å². The lowest BCUT2D eigenvalue weighted by Gasteiger charge is -2.31. The van der Waals surface area contributed by atoms with Crippen LogP contribution in [0.25, 0.3) is 0 Å². The van der Waals surface area contributed by atoms with Gasteiger partial charge in [0.25, 0.3) is 0 Å². The number of benzene rings is 1. The Hall–Kier alpha value is -1.86. The molecule has 2 unspecified atom stereocenters. The molecule has 0 bridgehead atoms. The van der Waals surface area contributed by atoms with E-state index in [1.54, 1.807) is 6.07 Å².